The number of carboxylic acids is 1. The number of nitro groups is 1. The molecule has 1 atom stereocenters. The van der Waals surface area contributed by atoms with Crippen LogP contribution in [-0.4, -0.2) is 46.0 Å². The summed E-state index contributed by atoms with van der Waals surface area (Å²) in [5.74, 6) is -2.75. The summed E-state index contributed by atoms with van der Waals surface area (Å²) in [6, 6.07) is -0.326. The van der Waals surface area contributed by atoms with Gasteiger partial charge in [-0.05, 0) is 6.42 Å². The first kappa shape index (κ1) is 16.1. The van der Waals surface area contributed by atoms with E-state index in [1.807, 2.05) is 0 Å². The minimum absolute atomic E-state index is 0.147. The summed E-state index contributed by atoms with van der Waals surface area (Å²) in [6.07, 6.45) is 0.675. The lowest BCUT2D eigenvalue weighted by Crippen LogP contribution is -2.41. The zero-order valence-corrected chi connectivity index (χ0v) is 11.0. The quantitative estimate of drug-likeness (QED) is 0.365. The fourth-order valence-corrected chi connectivity index (χ4v) is 1.48. The summed E-state index contributed by atoms with van der Waals surface area (Å²) in [5, 5.41) is 21.6. The average Bonchev–Trinajstić information content (AvgIpc) is 2.92. The van der Waals surface area contributed by atoms with Gasteiger partial charge in [0, 0.05) is 12.5 Å². The number of aliphatic carboxylic acids is 1. The number of aromatic amines is 1. The van der Waals surface area contributed by atoms with Crippen LogP contribution in [-0.2, 0) is 14.3 Å². The molecule has 0 saturated carbocycles. The van der Waals surface area contributed by atoms with Gasteiger partial charge in [0.25, 0.3) is 11.6 Å². The van der Waals surface area contributed by atoms with Crippen molar-refractivity contribution in [1.82, 2.24) is 10.3 Å². The summed E-state index contributed by atoms with van der Waals surface area (Å²) in [6.45, 7) is 0. The van der Waals surface area contributed by atoms with Crippen molar-refractivity contribution in [2.75, 3.05) is 7.11 Å². The number of methoxy groups -OCH3 is 1. The van der Waals surface area contributed by atoms with E-state index in [1.54, 1.807) is 0 Å². The van der Waals surface area contributed by atoms with Gasteiger partial charge in [-0.1, -0.05) is 0 Å². The van der Waals surface area contributed by atoms with Crippen LogP contribution in [0.3, 0.4) is 0 Å². The SMILES string of the molecule is COC(=O)CCC(NC(=O)c1cc([N+](=O)[O-])c[nH]1)C(=O)O. The maximum Gasteiger partial charge on any atom is 0.326 e. The molecule has 0 aromatic carbocycles. The number of esters is 1. The van der Waals surface area contributed by atoms with Crippen LogP contribution in [0, 0.1) is 10.1 Å². The van der Waals surface area contributed by atoms with Crippen molar-refractivity contribution in [2.45, 2.75) is 18.9 Å². The largest absolute Gasteiger partial charge is 0.480 e. The summed E-state index contributed by atoms with van der Waals surface area (Å²) in [4.78, 5) is 45.9. The fourth-order valence-electron chi connectivity index (χ4n) is 1.48. The molecule has 0 aliphatic heterocycles. The number of hydrogen-bond acceptors (Lipinski definition) is 6. The summed E-state index contributed by atoms with van der Waals surface area (Å²) in [5.41, 5.74) is -0.465. The van der Waals surface area contributed by atoms with Crippen molar-refractivity contribution in [3.05, 3.63) is 28.1 Å². The Hall–Kier alpha value is -2.91. The van der Waals surface area contributed by atoms with Crippen molar-refractivity contribution in [2.24, 2.45) is 0 Å². The van der Waals surface area contributed by atoms with E-state index < -0.39 is 28.8 Å². The zero-order chi connectivity index (χ0) is 16.0. The highest BCUT2D eigenvalue weighted by Gasteiger charge is 2.23. The minimum Gasteiger partial charge on any atom is -0.480 e. The van der Waals surface area contributed by atoms with Crippen LogP contribution in [0.1, 0.15) is 23.3 Å². The lowest BCUT2D eigenvalue weighted by atomic mass is 10.1. The average molecular weight is 299 g/mol. The molecule has 10 heteroatoms. The van der Waals surface area contributed by atoms with Crippen LogP contribution in [0.4, 0.5) is 5.69 Å². The van der Waals surface area contributed by atoms with E-state index in [9.17, 15) is 24.5 Å². The second-order valence-electron chi connectivity index (χ2n) is 4.01. The molecule has 0 spiro atoms. The Morgan fingerprint density at radius 1 is 1.52 bits per heavy atom. The molecule has 1 rings (SSSR count). The number of hydrogen-bond donors (Lipinski definition) is 3. The molecule has 1 amide bonds. The third kappa shape index (κ3) is 4.60. The van der Waals surface area contributed by atoms with Crippen LogP contribution in [0.25, 0.3) is 0 Å². The molecule has 3 N–H and O–H groups in total. The molecular weight excluding hydrogens is 286 g/mol. The lowest BCUT2D eigenvalue weighted by Gasteiger charge is -2.13. The van der Waals surface area contributed by atoms with Gasteiger partial charge in [0.05, 0.1) is 18.2 Å². The van der Waals surface area contributed by atoms with Gasteiger partial charge in [-0.2, -0.15) is 0 Å². The van der Waals surface area contributed by atoms with Crippen molar-refractivity contribution in [3.8, 4) is 0 Å². The normalized spacial score (nSPS) is 11.5. The van der Waals surface area contributed by atoms with Crippen LogP contribution in [0.2, 0.25) is 0 Å². The Balaban J connectivity index is 2.69. The van der Waals surface area contributed by atoms with Crippen LogP contribution < -0.4 is 5.32 Å². The highest BCUT2D eigenvalue weighted by Crippen LogP contribution is 2.12. The van der Waals surface area contributed by atoms with Crippen molar-refractivity contribution < 1.29 is 29.2 Å². The number of ether oxygens (including phenoxy) is 1. The highest BCUT2D eigenvalue weighted by atomic mass is 16.6. The number of amides is 1. The van der Waals surface area contributed by atoms with Crippen molar-refractivity contribution in [1.29, 1.82) is 0 Å². The van der Waals surface area contributed by atoms with Crippen LogP contribution in [0.5, 0.6) is 0 Å². The Morgan fingerprint density at radius 2 is 2.19 bits per heavy atom. The molecule has 21 heavy (non-hydrogen) atoms. The molecule has 0 saturated heterocycles. The summed E-state index contributed by atoms with van der Waals surface area (Å²) < 4.78 is 4.37. The van der Waals surface area contributed by atoms with Gasteiger partial charge in [0.2, 0.25) is 0 Å². The van der Waals surface area contributed by atoms with E-state index in [2.05, 4.69) is 15.0 Å². The van der Waals surface area contributed by atoms with Gasteiger partial charge < -0.3 is 20.1 Å². The zero-order valence-electron chi connectivity index (χ0n) is 11.0. The Bertz CT molecular complexity index is 566. The molecule has 0 aliphatic carbocycles. The smallest absolute Gasteiger partial charge is 0.326 e. The van der Waals surface area contributed by atoms with E-state index in [-0.39, 0.29) is 24.2 Å². The Morgan fingerprint density at radius 3 is 2.67 bits per heavy atom. The number of aromatic nitrogens is 1. The van der Waals surface area contributed by atoms with E-state index in [0.717, 1.165) is 19.4 Å². The van der Waals surface area contributed by atoms with Gasteiger partial charge >= 0.3 is 11.9 Å². The standard InChI is InChI=1S/C11H13N3O7/c1-21-9(15)3-2-7(11(17)18)13-10(16)8-4-6(5-12-8)14(19)20/h4-5,7,12H,2-3H2,1H3,(H,13,16)(H,17,18). The topological polar surface area (TPSA) is 152 Å². The van der Waals surface area contributed by atoms with Crippen molar-refractivity contribution in [3.63, 3.8) is 0 Å². The molecule has 10 nitrogen and oxygen atoms in total. The first-order valence-electron chi connectivity index (χ1n) is 5.78. The first-order valence-corrected chi connectivity index (χ1v) is 5.78. The fraction of sp³-hybridized carbons (Fsp3) is 0.364. The second kappa shape index (κ2) is 7.03. The minimum atomic E-state index is -1.33. The molecule has 0 bridgehead atoms. The lowest BCUT2D eigenvalue weighted by molar-refractivity contribution is -0.384. The van der Waals surface area contributed by atoms with Gasteiger partial charge in [-0.25, -0.2) is 4.79 Å². The number of nitrogens with zero attached hydrogens (tertiary/aromatic N) is 1. The van der Waals surface area contributed by atoms with Gasteiger partial charge in [-0.15, -0.1) is 0 Å². The molecule has 1 aromatic rings. The summed E-state index contributed by atoms with van der Waals surface area (Å²) >= 11 is 0. The predicted molar refractivity (Wildman–Crippen MR) is 67.6 cm³/mol. The van der Waals surface area contributed by atoms with Gasteiger partial charge in [-0.3, -0.25) is 19.7 Å². The molecule has 0 radical (unpaired) electrons. The third-order valence-corrected chi connectivity index (χ3v) is 2.59. The highest BCUT2D eigenvalue weighted by molar-refractivity contribution is 5.95. The maximum absolute atomic E-state index is 11.8. The molecule has 1 aromatic heterocycles. The Labute approximate surface area is 118 Å². The van der Waals surface area contributed by atoms with E-state index in [0.29, 0.717) is 0 Å². The number of carboxylic acid groups (broad SMARTS) is 1. The monoisotopic (exact) mass is 299 g/mol. The van der Waals surface area contributed by atoms with Crippen LogP contribution >= 0.6 is 0 Å². The summed E-state index contributed by atoms with van der Waals surface area (Å²) in [7, 11) is 1.16. The second-order valence-corrected chi connectivity index (χ2v) is 4.01. The predicted octanol–water partition coefficient (Wildman–Crippen LogP) is 0.0591. The van der Waals surface area contributed by atoms with Crippen molar-refractivity contribution >= 4 is 23.5 Å². The number of carbonyl (C=O) groups excluding carboxylic acids is 2. The molecule has 114 valence electrons. The third-order valence-electron chi connectivity index (χ3n) is 2.59. The molecule has 1 unspecified atom stereocenters. The van der Waals surface area contributed by atoms with Crippen LogP contribution in [0.15, 0.2) is 12.3 Å². The number of H-pyrrole nitrogens is 1. The van der Waals surface area contributed by atoms with Gasteiger partial charge in [0.1, 0.15) is 11.7 Å². The van der Waals surface area contributed by atoms with Gasteiger partial charge in [0.15, 0.2) is 0 Å². The molecule has 0 fully saturated rings. The first-order chi connectivity index (χ1) is 9.85. The number of nitrogens with one attached hydrogen (secondary N) is 2. The molecule has 1 heterocycles. The number of rotatable bonds is 7. The van der Waals surface area contributed by atoms with E-state index in [1.165, 1.54) is 0 Å². The van der Waals surface area contributed by atoms with E-state index >= 15 is 0 Å². The number of carbonyl (C=O) groups is 3. The molecule has 0 aliphatic rings. The van der Waals surface area contributed by atoms with E-state index in [4.69, 9.17) is 5.11 Å². The Kier molecular flexibility index (Phi) is 5.40. The maximum atomic E-state index is 11.8. The molecular formula is C11H13N3O7.